The number of hydrogen-bond donors (Lipinski definition) is 1. The van der Waals surface area contributed by atoms with Gasteiger partial charge < -0.3 is 18.8 Å². The minimum absolute atomic E-state index is 0.0498. The molecule has 6 heteroatoms. The molecule has 3 aromatic rings. The molecule has 0 spiro atoms. The Balaban J connectivity index is 1.38. The van der Waals surface area contributed by atoms with Gasteiger partial charge in [0.05, 0.1) is 11.9 Å². The Kier molecular flexibility index (Phi) is 5.16. The van der Waals surface area contributed by atoms with E-state index in [2.05, 4.69) is 0 Å². The van der Waals surface area contributed by atoms with E-state index in [-0.39, 0.29) is 23.9 Å². The Labute approximate surface area is 187 Å². The molecule has 1 amide bonds. The maximum Gasteiger partial charge on any atom is 0.339 e. The van der Waals surface area contributed by atoms with Crippen molar-refractivity contribution in [2.24, 2.45) is 5.92 Å². The number of nitrogens with zero attached hydrogens (tertiary/aromatic N) is 1. The van der Waals surface area contributed by atoms with Gasteiger partial charge in [0, 0.05) is 47.3 Å². The highest BCUT2D eigenvalue weighted by atomic mass is 16.4. The molecule has 2 fully saturated rings. The molecule has 1 N–H and O–H groups in total. The lowest BCUT2D eigenvalue weighted by atomic mass is 9.71. The first-order chi connectivity index (χ1) is 15.3. The smallest absolute Gasteiger partial charge is 0.339 e. The predicted octanol–water partition coefficient (Wildman–Crippen LogP) is 4.55. The second-order valence-electron chi connectivity index (χ2n) is 9.80. The summed E-state index contributed by atoms with van der Waals surface area (Å²) in [5, 5.41) is 12.8. The molecule has 5 rings (SSSR count). The molecule has 32 heavy (non-hydrogen) atoms. The first kappa shape index (κ1) is 21.3. The summed E-state index contributed by atoms with van der Waals surface area (Å²) >= 11 is 0. The second kappa shape index (κ2) is 7.77. The predicted molar refractivity (Wildman–Crippen MR) is 123 cm³/mol. The van der Waals surface area contributed by atoms with Crippen molar-refractivity contribution in [2.75, 3.05) is 13.1 Å². The summed E-state index contributed by atoms with van der Waals surface area (Å²) in [7, 11) is 0. The molecular weight excluding hydrogens is 406 g/mol. The van der Waals surface area contributed by atoms with Crippen LogP contribution in [0.25, 0.3) is 21.9 Å². The van der Waals surface area contributed by atoms with Crippen LogP contribution in [0.5, 0.6) is 0 Å². The highest BCUT2D eigenvalue weighted by molar-refractivity contribution is 5.99. The van der Waals surface area contributed by atoms with E-state index in [0.717, 1.165) is 58.7 Å². The lowest BCUT2D eigenvalue weighted by molar-refractivity contribution is -0.143. The fourth-order valence-electron chi connectivity index (χ4n) is 5.80. The number of carbonyl (C=O) groups is 1. The second-order valence-corrected chi connectivity index (χ2v) is 9.80. The van der Waals surface area contributed by atoms with Crippen LogP contribution in [-0.2, 0) is 11.2 Å². The standard InChI is InChI=1S/C26H31NO5/c1-15-14-31-23-17(3)24-21(12-20(15)23)16(2)19(25(29)32-24)7-8-22(28)27-11-10-26(30)9-5-4-6-18(26)13-27/h12,14,18,30H,4-11,13H2,1-3H3/t18-,26+/m1/s1. The molecule has 0 bridgehead atoms. The van der Waals surface area contributed by atoms with Crippen molar-refractivity contribution < 1.29 is 18.7 Å². The average Bonchev–Trinajstić information content (AvgIpc) is 3.14. The number of aliphatic hydroxyl groups is 1. The van der Waals surface area contributed by atoms with Crippen molar-refractivity contribution in [3.05, 3.63) is 45.0 Å². The van der Waals surface area contributed by atoms with Crippen LogP contribution in [0.1, 0.15) is 60.8 Å². The van der Waals surface area contributed by atoms with Crippen LogP contribution < -0.4 is 5.63 Å². The highest BCUT2D eigenvalue weighted by Gasteiger charge is 2.43. The summed E-state index contributed by atoms with van der Waals surface area (Å²) < 4.78 is 11.4. The van der Waals surface area contributed by atoms with Gasteiger partial charge in [-0.1, -0.05) is 12.8 Å². The number of furan rings is 1. The van der Waals surface area contributed by atoms with Crippen LogP contribution in [-0.4, -0.2) is 34.6 Å². The highest BCUT2D eigenvalue weighted by Crippen LogP contribution is 2.40. The summed E-state index contributed by atoms with van der Waals surface area (Å²) in [6, 6.07) is 2.02. The summed E-state index contributed by atoms with van der Waals surface area (Å²) in [6.45, 7) is 7.05. The molecular formula is C26H31NO5. The SMILES string of the molecule is Cc1coc2c(C)c3oc(=O)c(CCC(=O)N4CC[C@@]5(O)CCCC[C@@H]5C4)c(C)c3cc12. The number of likely N-dealkylation sites (tertiary alicyclic amines) is 1. The zero-order valence-corrected chi connectivity index (χ0v) is 19.1. The van der Waals surface area contributed by atoms with Crippen LogP contribution in [0, 0.1) is 26.7 Å². The summed E-state index contributed by atoms with van der Waals surface area (Å²) in [5.74, 6) is 0.221. The van der Waals surface area contributed by atoms with Crippen molar-refractivity contribution in [2.45, 2.75) is 71.3 Å². The van der Waals surface area contributed by atoms with Gasteiger partial charge in [-0.25, -0.2) is 4.79 Å². The molecule has 1 aliphatic carbocycles. The van der Waals surface area contributed by atoms with Gasteiger partial charge in [0.25, 0.3) is 0 Å². The lowest BCUT2D eigenvalue weighted by Gasteiger charge is -2.47. The molecule has 170 valence electrons. The van der Waals surface area contributed by atoms with Crippen molar-refractivity contribution in [1.82, 2.24) is 4.90 Å². The lowest BCUT2D eigenvalue weighted by Crippen LogP contribution is -2.54. The molecule has 1 saturated carbocycles. The number of amides is 1. The monoisotopic (exact) mass is 437 g/mol. The van der Waals surface area contributed by atoms with Crippen LogP contribution >= 0.6 is 0 Å². The van der Waals surface area contributed by atoms with Gasteiger partial charge in [-0.15, -0.1) is 0 Å². The van der Waals surface area contributed by atoms with E-state index >= 15 is 0 Å². The van der Waals surface area contributed by atoms with Crippen LogP contribution in [0.2, 0.25) is 0 Å². The zero-order chi connectivity index (χ0) is 22.6. The number of rotatable bonds is 3. The van der Waals surface area contributed by atoms with E-state index < -0.39 is 5.60 Å². The quantitative estimate of drug-likeness (QED) is 0.608. The fraction of sp³-hybridized carbons (Fsp3) is 0.538. The Bertz CT molecular complexity index is 1270. The Morgan fingerprint density at radius 1 is 1.16 bits per heavy atom. The minimum Gasteiger partial charge on any atom is -0.464 e. The molecule has 0 unspecified atom stereocenters. The van der Waals surface area contributed by atoms with E-state index in [1.54, 1.807) is 6.26 Å². The Morgan fingerprint density at radius 3 is 2.78 bits per heavy atom. The van der Waals surface area contributed by atoms with Gasteiger partial charge in [-0.05, 0) is 63.6 Å². The van der Waals surface area contributed by atoms with E-state index in [1.807, 2.05) is 31.7 Å². The first-order valence-corrected chi connectivity index (χ1v) is 11.7. The Hall–Kier alpha value is -2.60. The number of hydrogen-bond acceptors (Lipinski definition) is 5. The first-order valence-electron chi connectivity index (χ1n) is 11.7. The number of fused-ring (bicyclic) bond motifs is 3. The molecule has 6 nitrogen and oxygen atoms in total. The summed E-state index contributed by atoms with van der Waals surface area (Å²) in [4.78, 5) is 27.7. The van der Waals surface area contributed by atoms with E-state index in [1.165, 1.54) is 0 Å². The maximum absolute atomic E-state index is 13.0. The van der Waals surface area contributed by atoms with Gasteiger partial charge in [0.2, 0.25) is 5.91 Å². The number of benzene rings is 1. The molecule has 1 aromatic carbocycles. The van der Waals surface area contributed by atoms with Crippen molar-refractivity contribution in [3.63, 3.8) is 0 Å². The van der Waals surface area contributed by atoms with E-state index in [4.69, 9.17) is 8.83 Å². The Morgan fingerprint density at radius 2 is 1.97 bits per heavy atom. The third-order valence-corrected chi connectivity index (χ3v) is 7.90. The largest absolute Gasteiger partial charge is 0.464 e. The minimum atomic E-state index is -0.598. The van der Waals surface area contributed by atoms with E-state index in [0.29, 0.717) is 37.1 Å². The third-order valence-electron chi connectivity index (χ3n) is 7.90. The molecule has 2 aliphatic rings. The maximum atomic E-state index is 13.0. The molecule has 2 aromatic heterocycles. The van der Waals surface area contributed by atoms with Gasteiger partial charge in [0.1, 0.15) is 11.2 Å². The van der Waals surface area contributed by atoms with Gasteiger partial charge in [-0.2, -0.15) is 0 Å². The third kappa shape index (κ3) is 3.36. The average molecular weight is 438 g/mol. The van der Waals surface area contributed by atoms with Gasteiger partial charge in [-0.3, -0.25) is 4.79 Å². The normalized spacial score (nSPS) is 23.6. The van der Waals surface area contributed by atoms with Crippen LogP contribution in [0.4, 0.5) is 0 Å². The summed E-state index contributed by atoms with van der Waals surface area (Å²) in [5.41, 5.74) is 3.62. The van der Waals surface area contributed by atoms with Crippen LogP contribution in [0.15, 0.2) is 26.0 Å². The molecule has 0 radical (unpaired) electrons. The van der Waals surface area contributed by atoms with E-state index in [9.17, 15) is 14.7 Å². The zero-order valence-electron chi connectivity index (χ0n) is 19.1. The van der Waals surface area contributed by atoms with Gasteiger partial charge in [0.15, 0.2) is 0 Å². The molecule has 3 heterocycles. The number of carbonyl (C=O) groups excluding carboxylic acids is 1. The summed E-state index contributed by atoms with van der Waals surface area (Å²) in [6.07, 6.45) is 7.02. The number of aryl methyl sites for hydroxylation is 3. The van der Waals surface area contributed by atoms with Crippen LogP contribution in [0.3, 0.4) is 0 Å². The molecule has 1 saturated heterocycles. The van der Waals surface area contributed by atoms with Crippen molar-refractivity contribution in [3.8, 4) is 0 Å². The molecule has 1 aliphatic heterocycles. The number of piperidine rings is 1. The fourth-order valence-corrected chi connectivity index (χ4v) is 5.80. The topological polar surface area (TPSA) is 83.9 Å². The van der Waals surface area contributed by atoms with Crippen molar-refractivity contribution in [1.29, 1.82) is 0 Å². The van der Waals surface area contributed by atoms with Gasteiger partial charge >= 0.3 is 5.63 Å². The molecule has 2 atom stereocenters. The van der Waals surface area contributed by atoms with Crippen molar-refractivity contribution >= 4 is 27.8 Å².